The van der Waals surface area contributed by atoms with Crippen molar-refractivity contribution in [2.45, 2.75) is 6.42 Å². The average Bonchev–Trinajstić information content (AvgIpc) is 2.93. The van der Waals surface area contributed by atoms with Crippen LogP contribution < -0.4 is 10.1 Å². The molecule has 0 unspecified atom stereocenters. The van der Waals surface area contributed by atoms with Crippen LogP contribution in [0.4, 0.5) is 10.5 Å². The van der Waals surface area contributed by atoms with Gasteiger partial charge in [-0.1, -0.05) is 0 Å². The van der Waals surface area contributed by atoms with Crippen molar-refractivity contribution in [3.8, 4) is 17.6 Å². The second-order valence-corrected chi connectivity index (χ2v) is 6.87. The third-order valence-electron chi connectivity index (χ3n) is 3.83. The molecule has 0 aromatic heterocycles. The Balaban J connectivity index is 1.57. The van der Waals surface area contributed by atoms with Gasteiger partial charge in [0.15, 0.2) is 0 Å². The van der Waals surface area contributed by atoms with Gasteiger partial charge in [-0.25, -0.2) is 4.79 Å². The Labute approximate surface area is 151 Å². The first-order chi connectivity index (χ1) is 12.2. The number of rotatable bonds is 3. The zero-order valence-corrected chi connectivity index (χ0v) is 14.6. The molecule has 1 saturated heterocycles. The van der Waals surface area contributed by atoms with Gasteiger partial charge < -0.3 is 15.0 Å². The molecule has 25 heavy (non-hydrogen) atoms. The summed E-state index contributed by atoms with van der Waals surface area (Å²) in [5, 5.41) is 11.7. The van der Waals surface area contributed by atoms with E-state index in [0.29, 0.717) is 17.1 Å². The number of ether oxygens (including phenoxy) is 1. The molecule has 6 heteroatoms. The summed E-state index contributed by atoms with van der Waals surface area (Å²) in [5.41, 5.74) is 1.34. The Hall–Kier alpha value is -2.65. The monoisotopic (exact) mass is 353 g/mol. The molecule has 1 heterocycles. The Bertz CT molecular complexity index is 746. The Morgan fingerprint density at radius 2 is 1.72 bits per heavy atom. The van der Waals surface area contributed by atoms with E-state index in [2.05, 4.69) is 11.4 Å². The number of nitrogens with zero attached hydrogens (tertiary/aromatic N) is 2. The number of carbonyl (C=O) groups is 1. The summed E-state index contributed by atoms with van der Waals surface area (Å²) in [4.78, 5) is 14.2. The average molecular weight is 353 g/mol. The molecule has 0 aliphatic carbocycles. The molecule has 0 saturated carbocycles. The summed E-state index contributed by atoms with van der Waals surface area (Å²) in [5.74, 6) is 3.45. The fourth-order valence-electron chi connectivity index (χ4n) is 2.49. The standard InChI is InChI=1S/C19H19N3O2S/c20-14-15-2-6-17(7-3-15)24-18-8-4-16(5-9-18)21-19(23)22-10-1-12-25-13-11-22/h2-9H,1,10-13H2,(H,21,23). The maximum Gasteiger partial charge on any atom is 0.321 e. The molecule has 5 nitrogen and oxygen atoms in total. The number of urea groups is 1. The summed E-state index contributed by atoms with van der Waals surface area (Å²) in [6.07, 6.45) is 1.04. The van der Waals surface area contributed by atoms with Gasteiger partial charge in [-0.15, -0.1) is 0 Å². The highest BCUT2D eigenvalue weighted by atomic mass is 32.2. The quantitative estimate of drug-likeness (QED) is 0.892. The van der Waals surface area contributed by atoms with Crippen LogP contribution in [-0.2, 0) is 0 Å². The van der Waals surface area contributed by atoms with Crippen LogP contribution >= 0.6 is 11.8 Å². The number of nitriles is 1. The Morgan fingerprint density at radius 1 is 1.04 bits per heavy atom. The Morgan fingerprint density at radius 3 is 2.40 bits per heavy atom. The smallest absolute Gasteiger partial charge is 0.321 e. The predicted molar refractivity (Wildman–Crippen MR) is 100 cm³/mol. The van der Waals surface area contributed by atoms with Crippen molar-refractivity contribution in [3.63, 3.8) is 0 Å². The summed E-state index contributed by atoms with van der Waals surface area (Å²) in [7, 11) is 0. The molecule has 1 fully saturated rings. The van der Waals surface area contributed by atoms with Gasteiger partial charge in [0, 0.05) is 24.5 Å². The maximum atomic E-state index is 12.3. The molecule has 2 aromatic carbocycles. The molecule has 0 spiro atoms. The van der Waals surface area contributed by atoms with Crippen LogP contribution in [0.3, 0.4) is 0 Å². The SMILES string of the molecule is N#Cc1ccc(Oc2ccc(NC(=O)N3CCCSCC3)cc2)cc1. The molecular formula is C19H19N3O2S. The highest BCUT2D eigenvalue weighted by molar-refractivity contribution is 7.99. The van der Waals surface area contributed by atoms with Crippen LogP contribution in [0, 0.1) is 11.3 Å². The van der Waals surface area contributed by atoms with Crippen molar-refractivity contribution in [1.29, 1.82) is 5.26 Å². The van der Waals surface area contributed by atoms with Crippen LogP contribution in [0.1, 0.15) is 12.0 Å². The molecule has 128 valence electrons. The van der Waals surface area contributed by atoms with Gasteiger partial charge in [0.2, 0.25) is 0 Å². The van der Waals surface area contributed by atoms with Crippen molar-refractivity contribution in [3.05, 3.63) is 54.1 Å². The number of hydrogen-bond donors (Lipinski definition) is 1. The van der Waals surface area contributed by atoms with Gasteiger partial charge in [0.1, 0.15) is 11.5 Å². The second-order valence-electron chi connectivity index (χ2n) is 5.65. The highest BCUT2D eigenvalue weighted by Gasteiger charge is 2.15. The number of benzene rings is 2. The summed E-state index contributed by atoms with van der Waals surface area (Å²) < 4.78 is 5.74. The number of carbonyl (C=O) groups excluding carboxylic acids is 1. The van der Waals surface area contributed by atoms with Gasteiger partial charge in [-0.2, -0.15) is 17.0 Å². The molecule has 0 bridgehead atoms. The van der Waals surface area contributed by atoms with Crippen LogP contribution in [-0.4, -0.2) is 35.5 Å². The van der Waals surface area contributed by atoms with Crippen LogP contribution in [0.5, 0.6) is 11.5 Å². The minimum atomic E-state index is -0.0525. The zero-order valence-electron chi connectivity index (χ0n) is 13.8. The van der Waals surface area contributed by atoms with E-state index in [1.807, 2.05) is 40.9 Å². The van der Waals surface area contributed by atoms with Crippen molar-refractivity contribution < 1.29 is 9.53 Å². The lowest BCUT2D eigenvalue weighted by atomic mass is 10.2. The lowest BCUT2D eigenvalue weighted by molar-refractivity contribution is 0.216. The van der Waals surface area contributed by atoms with Gasteiger partial charge in [-0.3, -0.25) is 0 Å². The summed E-state index contributed by atoms with van der Waals surface area (Å²) >= 11 is 1.89. The van der Waals surface area contributed by atoms with E-state index in [4.69, 9.17) is 10.00 Å². The fraction of sp³-hybridized carbons (Fsp3) is 0.263. The first kappa shape index (κ1) is 17.2. The van der Waals surface area contributed by atoms with Gasteiger partial charge in [-0.05, 0) is 60.7 Å². The molecule has 1 aliphatic heterocycles. The minimum Gasteiger partial charge on any atom is -0.457 e. The third kappa shape index (κ3) is 4.91. The summed E-state index contributed by atoms with van der Waals surface area (Å²) in [6.45, 7) is 1.59. The second kappa shape index (κ2) is 8.45. The van der Waals surface area contributed by atoms with Crippen LogP contribution in [0.2, 0.25) is 0 Å². The van der Waals surface area contributed by atoms with Gasteiger partial charge in [0.05, 0.1) is 11.6 Å². The zero-order chi connectivity index (χ0) is 17.5. The first-order valence-electron chi connectivity index (χ1n) is 8.16. The number of anilines is 1. The number of thioether (sulfide) groups is 1. The number of nitrogens with one attached hydrogen (secondary N) is 1. The van der Waals surface area contributed by atoms with E-state index in [9.17, 15) is 4.79 Å². The molecule has 2 aromatic rings. The fourth-order valence-corrected chi connectivity index (χ4v) is 3.38. The van der Waals surface area contributed by atoms with E-state index in [-0.39, 0.29) is 6.03 Å². The summed E-state index contributed by atoms with van der Waals surface area (Å²) in [6, 6.07) is 16.2. The van der Waals surface area contributed by atoms with E-state index in [0.717, 1.165) is 36.7 Å². The van der Waals surface area contributed by atoms with Gasteiger partial charge >= 0.3 is 6.03 Å². The number of amides is 2. The molecule has 3 rings (SSSR count). The third-order valence-corrected chi connectivity index (χ3v) is 4.88. The molecule has 1 aliphatic rings. The van der Waals surface area contributed by atoms with Crippen molar-refractivity contribution in [1.82, 2.24) is 4.90 Å². The molecule has 0 radical (unpaired) electrons. The van der Waals surface area contributed by atoms with Crippen molar-refractivity contribution in [2.24, 2.45) is 0 Å². The molecule has 2 amide bonds. The van der Waals surface area contributed by atoms with Crippen LogP contribution in [0.15, 0.2) is 48.5 Å². The van der Waals surface area contributed by atoms with Crippen molar-refractivity contribution in [2.75, 3.05) is 29.9 Å². The lowest BCUT2D eigenvalue weighted by Gasteiger charge is -2.20. The lowest BCUT2D eigenvalue weighted by Crippen LogP contribution is -2.36. The normalized spacial score (nSPS) is 14.3. The number of hydrogen-bond acceptors (Lipinski definition) is 4. The molecule has 1 N–H and O–H groups in total. The van der Waals surface area contributed by atoms with Crippen LogP contribution in [0.25, 0.3) is 0 Å². The van der Waals surface area contributed by atoms with Gasteiger partial charge in [0.25, 0.3) is 0 Å². The Kier molecular flexibility index (Phi) is 5.81. The minimum absolute atomic E-state index is 0.0525. The van der Waals surface area contributed by atoms with E-state index >= 15 is 0 Å². The largest absolute Gasteiger partial charge is 0.457 e. The van der Waals surface area contributed by atoms with E-state index in [1.54, 1.807) is 24.3 Å². The molecular weight excluding hydrogens is 334 g/mol. The predicted octanol–water partition coefficient (Wildman–Crippen LogP) is 4.32. The van der Waals surface area contributed by atoms with E-state index < -0.39 is 0 Å². The molecule has 0 atom stereocenters. The van der Waals surface area contributed by atoms with Crippen molar-refractivity contribution >= 4 is 23.5 Å². The highest BCUT2D eigenvalue weighted by Crippen LogP contribution is 2.23. The maximum absolute atomic E-state index is 12.3. The van der Waals surface area contributed by atoms with E-state index in [1.165, 1.54) is 0 Å². The first-order valence-corrected chi connectivity index (χ1v) is 9.32. The topological polar surface area (TPSA) is 65.4 Å².